The SMILES string of the molecule is CCc1c(C)nn(CC2CO2)c1C. The van der Waals surface area contributed by atoms with E-state index in [9.17, 15) is 0 Å². The molecule has 1 aromatic rings. The first-order valence-electron chi connectivity index (χ1n) is 4.86. The largest absolute Gasteiger partial charge is 0.371 e. The van der Waals surface area contributed by atoms with E-state index in [1.807, 2.05) is 0 Å². The molecule has 1 saturated heterocycles. The van der Waals surface area contributed by atoms with E-state index in [2.05, 4.69) is 30.6 Å². The average molecular weight is 180 g/mol. The van der Waals surface area contributed by atoms with Crippen molar-refractivity contribution < 1.29 is 4.74 Å². The van der Waals surface area contributed by atoms with Gasteiger partial charge < -0.3 is 4.74 Å². The van der Waals surface area contributed by atoms with Crippen LogP contribution in [-0.2, 0) is 17.7 Å². The topological polar surface area (TPSA) is 30.4 Å². The molecule has 3 heteroatoms. The summed E-state index contributed by atoms with van der Waals surface area (Å²) in [5.41, 5.74) is 3.86. The summed E-state index contributed by atoms with van der Waals surface area (Å²) >= 11 is 0. The van der Waals surface area contributed by atoms with E-state index >= 15 is 0 Å². The number of hydrogen-bond acceptors (Lipinski definition) is 2. The van der Waals surface area contributed by atoms with E-state index in [0.29, 0.717) is 6.10 Å². The number of nitrogens with zero attached hydrogens (tertiary/aromatic N) is 2. The second-order valence-electron chi connectivity index (χ2n) is 3.64. The molecule has 1 unspecified atom stereocenters. The molecule has 13 heavy (non-hydrogen) atoms. The lowest BCUT2D eigenvalue weighted by Gasteiger charge is -2.01. The molecule has 0 bridgehead atoms. The normalized spacial score (nSPS) is 20.7. The summed E-state index contributed by atoms with van der Waals surface area (Å²) in [7, 11) is 0. The first kappa shape index (κ1) is 8.75. The molecule has 1 atom stereocenters. The number of aromatic nitrogens is 2. The van der Waals surface area contributed by atoms with Crippen LogP contribution >= 0.6 is 0 Å². The molecule has 3 nitrogen and oxygen atoms in total. The zero-order valence-electron chi connectivity index (χ0n) is 8.50. The van der Waals surface area contributed by atoms with Crippen molar-refractivity contribution in [1.29, 1.82) is 0 Å². The molecule has 0 saturated carbocycles. The molecule has 0 amide bonds. The van der Waals surface area contributed by atoms with Crippen LogP contribution in [0.25, 0.3) is 0 Å². The maximum atomic E-state index is 5.19. The van der Waals surface area contributed by atoms with Gasteiger partial charge in [-0.1, -0.05) is 6.92 Å². The van der Waals surface area contributed by atoms with Crippen LogP contribution in [0.3, 0.4) is 0 Å². The van der Waals surface area contributed by atoms with Crippen LogP contribution in [0.1, 0.15) is 23.9 Å². The fraction of sp³-hybridized carbons (Fsp3) is 0.700. The van der Waals surface area contributed by atoms with Gasteiger partial charge in [-0.15, -0.1) is 0 Å². The number of epoxide rings is 1. The predicted molar refractivity (Wildman–Crippen MR) is 50.8 cm³/mol. The van der Waals surface area contributed by atoms with Gasteiger partial charge in [0.25, 0.3) is 0 Å². The minimum atomic E-state index is 0.419. The highest BCUT2D eigenvalue weighted by Gasteiger charge is 2.24. The van der Waals surface area contributed by atoms with E-state index < -0.39 is 0 Å². The van der Waals surface area contributed by atoms with Crippen molar-refractivity contribution in [2.75, 3.05) is 6.61 Å². The van der Waals surface area contributed by atoms with Gasteiger partial charge in [0.1, 0.15) is 6.10 Å². The second-order valence-corrected chi connectivity index (χ2v) is 3.64. The maximum absolute atomic E-state index is 5.19. The van der Waals surface area contributed by atoms with Crippen LogP contribution in [0.15, 0.2) is 0 Å². The lowest BCUT2D eigenvalue weighted by Crippen LogP contribution is -2.07. The third-order valence-electron chi connectivity index (χ3n) is 2.66. The molecule has 2 heterocycles. The molecule has 0 N–H and O–H groups in total. The average Bonchev–Trinajstić information content (AvgIpc) is 2.83. The first-order chi connectivity index (χ1) is 6.22. The Balaban J connectivity index is 2.23. The summed E-state index contributed by atoms with van der Waals surface area (Å²) in [6, 6.07) is 0. The Bertz CT molecular complexity index is 313. The Morgan fingerprint density at radius 3 is 2.69 bits per heavy atom. The minimum absolute atomic E-state index is 0.419. The molecule has 0 aliphatic carbocycles. The summed E-state index contributed by atoms with van der Waals surface area (Å²) in [6.07, 6.45) is 1.49. The van der Waals surface area contributed by atoms with Gasteiger partial charge in [-0.2, -0.15) is 5.10 Å². The standard InChI is InChI=1S/C10H16N2O/c1-4-10-7(2)11-12(8(10)3)5-9-6-13-9/h9H,4-6H2,1-3H3. The molecule has 0 spiro atoms. The second kappa shape index (κ2) is 3.14. The van der Waals surface area contributed by atoms with Crippen LogP contribution < -0.4 is 0 Å². The Hall–Kier alpha value is -0.830. The number of rotatable bonds is 3. The summed E-state index contributed by atoms with van der Waals surface area (Å²) in [4.78, 5) is 0. The molecule has 1 aliphatic heterocycles. The number of hydrogen-bond donors (Lipinski definition) is 0. The summed E-state index contributed by atoms with van der Waals surface area (Å²) < 4.78 is 7.26. The van der Waals surface area contributed by atoms with E-state index in [4.69, 9.17) is 4.74 Å². The van der Waals surface area contributed by atoms with Crippen molar-refractivity contribution in [2.24, 2.45) is 0 Å². The van der Waals surface area contributed by atoms with Gasteiger partial charge in [-0.25, -0.2) is 0 Å². The van der Waals surface area contributed by atoms with Crippen molar-refractivity contribution in [2.45, 2.75) is 39.8 Å². The molecular formula is C10H16N2O. The van der Waals surface area contributed by atoms with Crippen molar-refractivity contribution in [1.82, 2.24) is 9.78 Å². The monoisotopic (exact) mass is 180 g/mol. The van der Waals surface area contributed by atoms with Gasteiger partial charge in [0.05, 0.1) is 18.8 Å². The minimum Gasteiger partial charge on any atom is -0.371 e. The molecule has 2 rings (SSSR count). The predicted octanol–water partition coefficient (Wildman–Crippen LogP) is 1.46. The van der Waals surface area contributed by atoms with Gasteiger partial charge in [0.15, 0.2) is 0 Å². The molecule has 72 valence electrons. The molecular weight excluding hydrogens is 164 g/mol. The van der Waals surface area contributed by atoms with Crippen molar-refractivity contribution in [3.05, 3.63) is 17.0 Å². The Kier molecular flexibility index (Phi) is 2.12. The third kappa shape index (κ3) is 1.61. The summed E-state index contributed by atoms with van der Waals surface area (Å²) in [6.45, 7) is 8.22. The summed E-state index contributed by atoms with van der Waals surface area (Å²) in [5.74, 6) is 0. The lowest BCUT2D eigenvalue weighted by atomic mass is 10.1. The molecule has 1 aromatic heterocycles. The highest BCUT2D eigenvalue weighted by atomic mass is 16.6. The maximum Gasteiger partial charge on any atom is 0.100 e. The third-order valence-corrected chi connectivity index (χ3v) is 2.66. The molecule has 0 radical (unpaired) electrons. The molecule has 0 aromatic carbocycles. The zero-order valence-corrected chi connectivity index (χ0v) is 8.50. The zero-order chi connectivity index (χ0) is 9.42. The highest BCUT2D eigenvalue weighted by molar-refractivity contribution is 5.24. The van der Waals surface area contributed by atoms with E-state index in [0.717, 1.165) is 19.6 Å². The number of ether oxygens (including phenoxy) is 1. The van der Waals surface area contributed by atoms with Crippen molar-refractivity contribution >= 4 is 0 Å². The van der Waals surface area contributed by atoms with Gasteiger partial charge in [0, 0.05) is 5.69 Å². The molecule has 1 aliphatic rings. The Morgan fingerprint density at radius 2 is 2.23 bits per heavy atom. The van der Waals surface area contributed by atoms with Crippen LogP contribution in [-0.4, -0.2) is 22.5 Å². The lowest BCUT2D eigenvalue weighted by molar-refractivity contribution is 0.371. The van der Waals surface area contributed by atoms with E-state index in [1.54, 1.807) is 0 Å². The Labute approximate surface area is 78.7 Å². The van der Waals surface area contributed by atoms with Crippen LogP contribution in [0, 0.1) is 13.8 Å². The highest BCUT2D eigenvalue weighted by Crippen LogP contribution is 2.17. The van der Waals surface area contributed by atoms with Crippen molar-refractivity contribution in [3.8, 4) is 0 Å². The van der Waals surface area contributed by atoms with Gasteiger partial charge in [0.2, 0.25) is 0 Å². The fourth-order valence-electron chi connectivity index (χ4n) is 1.79. The van der Waals surface area contributed by atoms with Crippen LogP contribution in [0.2, 0.25) is 0 Å². The quantitative estimate of drug-likeness (QED) is 0.659. The van der Waals surface area contributed by atoms with E-state index in [1.165, 1.54) is 17.0 Å². The number of aryl methyl sites for hydroxylation is 1. The Morgan fingerprint density at radius 1 is 1.54 bits per heavy atom. The van der Waals surface area contributed by atoms with Gasteiger partial charge >= 0.3 is 0 Å². The van der Waals surface area contributed by atoms with Crippen LogP contribution in [0.4, 0.5) is 0 Å². The smallest absolute Gasteiger partial charge is 0.100 e. The summed E-state index contributed by atoms with van der Waals surface area (Å²) in [5, 5.41) is 4.50. The van der Waals surface area contributed by atoms with Gasteiger partial charge in [-0.3, -0.25) is 4.68 Å². The van der Waals surface area contributed by atoms with E-state index in [-0.39, 0.29) is 0 Å². The van der Waals surface area contributed by atoms with Crippen LogP contribution in [0.5, 0.6) is 0 Å². The molecule has 1 fully saturated rings. The van der Waals surface area contributed by atoms with Gasteiger partial charge in [-0.05, 0) is 25.8 Å². The fourth-order valence-corrected chi connectivity index (χ4v) is 1.79. The first-order valence-corrected chi connectivity index (χ1v) is 4.86. The van der Waals surface area contributed by atoms with Crippen molar-refractivity contribution in [3.63, 3.8) is 0 Å².